The van der Waals surface area contributed by atoms with Gasteiger partial charge >= 0.3 is 18.3 Å². The van der Waals surface area contributed by atoms with Crippen LogP contribution >= 0.6 is 11.6 Å². The zero-order valence-corrected chi connectivity index (χ0v) is 29.9. The maximum absolute atomic E-state index is 14.0. The Kier molecular flexibility index (Phi) is 11.5. The molecule has 4 amide bonds. The summed E-state index contributed by atoms with van der Waals surface area (Å²) in [6, 6.07) is 10.2. The van der Waals surface area contributed by atoms with E-state index in [9.17, 15) is 27.6 Å². The average molecular weight is 734 g/mol. The predicted molar refractivity (Wildman–Crippen MR) is 189 cm³/mol. The molecular formula is C36H47ClF3N7O4. The van der Waals surface area contributed by atoms with E-state index in [-0.39, 0.29) is 34.8 Å². The van der Waals surface area contributed by atoms with E-state index in [1.807, 2.05) is 29.2 Å². The third-order valence-corrected chi connectivity index (χ3v) is 11.1. The molecule has 0 saturated carbocycles. The number of rotatable bonds is 7. The first-order valence-electron chi connectivity index (χ1n) is 17.8. The fraction of sp³-hybridized carbons (Fsp3) is 0.583. The van der Waals surface area contributed by atoms with Crippen molar-refractivity contribution in [2.75, 3.05) is 83.6 Å². The van der Waals surface area contributed by atoms with E-state index in [0.717, 1.165) is 43.2 Å². The van der Waals surface area contributed by atoms with Crippen LogP contribution in [0.4, 0.5) is 34.1 Å². The molecule has 3 fully saturated rings. The van der Waals surface area contributed by atoms with Crippen LogP contribution in [0.5, 0.6) is 0 Å². The van der Waals surface area contributed by atoms with Crippen molar-refractivity contribution in [3.63, 3.8) is 0 Å². The number of piperazine rings is 1. The molecule has 15 heteroatoms. The van der Waals surface area contributed by atoms with Crippen LogP contribution < -0.4 is 10.6 Å². The standard InChI is InChI=1S/C36H47ClF3N7O4/c1-41-32-28(36(38,39)40)21-24(22-29(32)37)23-31(33(48)45-19-17-44(18-20-45)26-8-12-43(2)13-9-26)51-35(50)46-14-10-27(11-15-46)47-16-7-25-5-3-4-6-30(25)42-34(47)49/h3-6,21-22,26-27,31,41H,7-20,23H2,1-2H3,(H,42,49)/t31-/m1/s1. The van der Waals surface area contributed by atoms with Crippen molar-refractivity contribution in [1.29, 1.82) is 0 Å². The molecule has 1 atom stereocenters. The minimum Gasteiger partial charge on any atom is -0.436 e. The first kappa shape index (κ1) is 37.0. The van der Waals surface area contributed by atoms with Gasteiger partial charge in [-0.3, -0.25) is 9.69 Å². The van der Waals surface area contributed by atoms with Gasteiger partial charge in [-0.15, -0.1) is 0 Å². The summed E-state index contributed by atoms with van der Waals surface area (Å²) in [5, 5.41) is 5.37. The van der Waals surface area contributed by atoms with Crippen molar-refractivity contribution in [3.05, 3.63) is 58.1 Å². The number of hydrogen-bond acceptors (Lipinski definition) is 7. The van der Waals surface area contributed by atoms with Crippen molar-refractivity contribution in [3.8, 4) is 0 Å². The molecule has 2 N–H and O–H groups in total. The number of hydrogen-bond donors (Lipinski definition) is 2. The van der Waals surface area contributed by atoms with Crippen molar-refractivity contribution in [2.45, 2.75) is 62.9 Å². The lowest BCUT2D eigenvalue weighted by molar-refractivity contribution is -0.143. The Hall–Kier alpha value is -3.75. The lowest BCUT2D eigenvalue weighted by Crippen LogP contribution is -2.56. The molecule has 278 valence electrons. The molecule has 0 bridgehead atoms. The number of piperidine rings is 2. The molecule has 0 aromatic heterocycles. The molecular weight excluding hydrogens is 687 g/mol. The number of urea groups is 1. The molecule has 4 aliphatic rings. The second kappa shape index (κ2) is 15.9. The maximum atomic E-state index is 14.0. The second-order valence-corrected chi connectivity index (χ2v) is 14.4. The van der Waals surface area contributed by atoms with Crippen LogP contribution in [0.25, 0.3) is 0 Å². The number of likely N-dealkylation sites (tertiary alicyclic amines) is 2. The van der Waals surface area contributed by atoms with Gasteiger partial charge in [0, 0.05) is 77.1 Å². The number of amides is 4. The van der Waals surface area contributed by atoms with Gasteiger partial charge in [0.25, 0.3) is 5.91 Å². The fourth-order valence-electron chi connectivity index (χ4n) is 7.82. The van der Waals surface area contributed by atoms with E-state index in [0.29, 0.717) is 71.1 Å². The van der Waals surface area contributed by atoms with Crippen LogP contribution in [0.3, 0.4) is 0 Å². The van der Waals surface area contributed by atoms with E-state index in [1.165, 1.54) is 18.0 Å². The lowest BCUT2D eigenvalue weighted by Gasteiger charge is -2.42. The molecule has 0 spiro atoms. The Morgan fingerprint density at radius 2 is 1.61 bits per heavy atom. The van der Waals surface area contributed by atoms with Gasteiger partial charge in [0.15, 0.2) is 6.10 Å². The zero-order chi connectivity index (χ0) is 36.3. The highest BCUT2D eigenvalue weighted by Crippen LogP contribution is 2.40. The van der Waals surface area contributed by atoms with E-state index >= 15 is 0 Å². The third-order valence-electron chi connectivity index (χ3n) is 10.8. The van der Waals surface area contributed by atoms with E-state index in [4.69, 9.17) is 16.3 Å². The fourth-order valence-corrected chi connectivity index (χ4v) is 8.15. The molecule has 0 aliphatic carbocycles. The number of nitrogens with zero attached hydrogens (tertiary/aromatic N) is 5. The summed E-state index contributed by atoms with van der Waals surface area (Å²) in [6.45, 7) is 5.40. The Labute approximate surface area is 302 Å². The summed E-state index contributed by atoms with van der Waals surface area (Å²) in [7, 11) is 3.47. The minimum atomic E-state index is -4.70. The van der Waals surface area contributed by atoms with Crippen molar-refractivity contribution < 1.29 is 32.3 Å². The number of carbonyl (C=O) groups excluding carboxylic acids is 3. The monoisotopic (exact) mass is 733 g/mol. The number of para-hydroxylation sites is 1. The molecule has 2 aromatic rings. The van der Waals surface area contributed by atoms with Crippen LogP contribution in [-0.2, 0) is 28.5 Å². The Morgan fingerprint density at radius 1 is 0.941 bits per heavy atom. The van der Waals surface area contributed by atoms with Crippen molar-refractivity contribution in [1.82, 2.24) is 24.5 Å². The Morgan fingerprint density at radius 3 is 2.27 bits per heavy atom. The van der Waals surface area contributed by atoms with Crippen LogP contribution in [0, 0.1) is 0 Å². The molecule has 4 aliphatic heterocycles. The van der Waals surface area contributed by atoms with Gasteiger partial charge in [0.2, 0.25) is 0 Å². The Bertz CT molecular complexity index is 1570. The smallest absolute Gasteiger partial charge is 0.418 e. The maximum Gasteiger partial charge on any atom is 0.418 e. The second-order valence-electron chi connectivity index (χ2n) is 14.0. The largest absolute Gasteiger partial charge is 0.436 e. The summed E-state index contributed by atoms with van der Waals surface area (Å²) in [4.78, 5) is 50.4. The van der Waals surface area contributed by atoms with Crippen molar-refractivity contribution in [2.24, 2.45) is 0 Å². The van der Waals surface area contributed by atoms with Crippen molar-refractivity contribution >= 4 is 41.0 Å². The van der Waals surface area contributed by atoms with Crippen LogP contribution in [0.15, 0.2) is 36.4 Å². The summed E-state index contributed by atoms with van der Waals surface area (Å²) in [5.74, 6) is -0.440. The molecule has 4 heterocycles. The number of anilines is 2. The summed E-state index contributed by atoms with van der Waals surface area (Å²) >= 11 is 6.29. The molecule has 3 saturated heterocycles. The summed E-state index contributed by atoms with van der Waals surface area (Å²) in [5.41, 5.74) is 0.781. The molecule has 11 nitrogen and oxygen atoms in total. The number of nitrogens with one attached hydrogen (secondary N) is 2. The lowest BCUT2D eigenvalue weighted by atomic mass is 10.0. The average Bonchev–Trinajstić information content (AvgIpc) is 3.29. The number of benzene rings is 2. The molecule has 6 rings (SSSR count). The Balaban J connectivity index is 1.13. The highest BCUT2D eigenvalue weighted by molar-refractivity contribution is 6.33. The van der Waals surface area contributed by atoms with Crippen LogP contribution in [0.1, 0.15) is 42.4 Å². The number of alkyl halides is 3. The first-order valence-corrected chi connectivity index (χ1v) is 18.2. The zero-order valence-electron chi connectivity index (χ0n) is 29.2. The van der Waals surface area contributed by atoms with Crippen LogP contribution in [-0.4, -0.2) is 134 Å². The quantitative estimate of drug-likeness (QED) is 0.402. The number of halogens is 4. The predicted octanol–water partition coefficient (Wildman–Crippen LogP) is 5.24. The normalized spacial score (nSPS) is 20.7. The van der Waals surface area contributed by atoms with Gasteiger partial charge in [-0.1, -0.05) is 29.8 Å². The number of fused-ring (bicyclic) bond motifs is 1. The van der Waals surface area contributed by atoms with Gasteiger partial charge in [-0.05, 0) is 81.6 Å². The van der Waals surface area contributed by atoms with Crippen LogP contribution in [0.2, 0.25) is 5.02 Å². The minimum absolute atomic E-state index is 0.0877. The number of ether oxygens (including phenoxy) is 1. The highest BCUT2D eigenvalue weighted by atomic mass is 35.5. The molecule has 0 unspecified atom stereocenters. The van der Waals surface area contributed by atoms with E-state index in [1.54, 1.807) is 4.90 Å². The third kappa shape index (κ3) is 8.66. The number of carbonyl (C=O) groups is 3. The first-order chi connectivity index (χ1) is 24.4. The molecule has 0 radical (unpaired) electrons. The van der Waals surface area contributed by atoms with Gasteiger partial charge in [-0.2, -0.15) is 13.2 Å². The van der Waals surface area contributed by atoms with E-state index in [2.05, 4.69) is 27.5 Å². The van der Waals surface area contributed by atoms with E-state index < -0.39 is 29.8 Å². The topological polar surface area (TPSA) is 101 Å². The van der Waals surface area contributed by atoms with Gasteiger partial charge < -0.3 is 35.0 Å². The van der Waals surface area contributed by atoms with Gasteiger partial charge in [0.05, 0.1) is 16.3 Å². The molecule has 2 aromatic carbocycles. The summed E-state index contributed by atoms with van der Waals surface area (Å²) in [6.07, 6.45) is -3.16. The SMILES string of the molecule is CNc1c(Cl)cc(C[C@@H](OC(=O)N2CCC(N3CCc4ccccc4NC3=O)CC2)C(=O)N2CCN(C3CCN(C)CC3)CC2)cc1C(F)(F)F. The summed E-state index contributed by atoms with van der Waals surface area (Å²) < 4.78 is 48.0. The highest BCUT2D eigenvalue weighted by Gasteiger charge is 2.38. The molecule has 51 heavy (non-hydrogen) atoms. The van der Waals surface area contributed by atoms with Gasteiger partial charge in [0.1, 0.15) is 0 Å². The van der Waals surface area contributed by atoms with Gasteiger partial charge in [-0.25, -0.2) is 9.59 Å².